The van der Waals surface area contributed by atoms with Crippen LogP contribution in [0, 0.1) is 5.92 Å². The molecule has 0 amide bonds. The number of anilines is 2. The van der Waals surface area contributed by atoms with E-state index in [1.54, 1.807) is 6.07 Å². The van der Waals surface area contributed by atoms with Crippen LogP contribution in [0.4, 0.5) is 11.8 Å². The number of nitrogens with two attached hydrogens (primary N) is 2. The van der Waals surface area contributed by atoms with Gasteiger partial charge in [0, 0.05) is 11.8 Å². The summed E-state index contributed by atoms with van der Waals surface area (Å²) in [6.07, 6.45) is 3.23. The van der Waals surface area contributed by atoms with Gasteiger partial charge in [0.2, 0.25) is 5.95 Å². The topological polar surface area (TPSA) is 77.8 Å². The largest absolute Gasteiger partial charge is 0.384 e. The van der Waals surface area contributed by atoms with Crippen molar-refractivity contribution < 1.29 is 0 Å². The van der Waals surface area contributed by atoms with Crippen LogP contribution >= 0.6 is 0 Å². The van der Waals surface area contributed by atoms with Gasteiger partial charge in [-0.05, 0) is 18.8 Å². The van der Waals surface area contributed by atoms with Crippen molar-refractivity contribution >= 4 is 11.8 Å². The van der Waals surface area contributed by atoms with Crippen molar-refractivity contribution in [1.29, 1.82) is 0 Å². The van der Waals surface area contributed by atoms with Crippen LogP contribution in [-0.2, 0) is 6.42 Å². The Labute approximate surface area is 84.7 Å². The summed E-state index contributed by atoms with van der Waals surface area (Å²) in [5.74, 6) is 1.44. The molecule has 0 saturated heterocycles. The van der Waals surface area contributed by atoms with Gasteiger partial charge in [0.05, 0.1) is 0 Å². The fourth-order valence-corrected chi connectivity index (χ4v) is 1.27. The van der Waals surface area contributed by atoms with Crippen LogP contribution in [0.5, 0.6) is 0 Å². The first kappa shape index (κ1) is 10.8. The first-order valence-electron chi connectivity index (χ1n) is 5.00. The first-order valence-corrected chi connectivity index (χ1v) is 5.00. The van der Waals surface area contributed by atoms with E-state index in [1.807, 2.05) is 0 Å². The molecule has 0 radical (unpaired) electrons. The van der Waals surface area contributed by atoms with Gasteiger partial charge < -0.3 is 11.5 Å². The Morgan fingerprint density at radius 2 is 2.07 bits per heavy atom. The van der Waals surface area contributed by atoms with Crippen molar-refractivity contribution in [2.24, 2.45) is 5.92 Å². The Morgan fingerprint density at radius 3 is 2.64 bits per heavy atom. The zero-order valence-corrected chi connectivity index (χ0v) is 8.83. The quantitative estimate of drug-likeness (QED) is 0.763. The van der Waals surface area contributed by atoms with E-state index in [-0.39, 0.29) is 5.95 Å². The summed E-state index contributed by atoms with van der Waals surface area (Å²) in [6.45, 7) is 4.42. The van der Waals surface area contributed by atoms with E-state index in [0.717, 1.165) is 18.5 Å². The fourth-order valence-electron chi connectivity index (χ4n) is 1.27. The van der Waals surface area contributed by atoms with Crippen LogP contribution in [0.25, 0.3) is 0 Å². The van der Waals surface area contributed by atoms with Crippen LogP contribution in [0.15, 0.2) is 6.07 Å². The molecule has 0 aliphatic carbocycles. The lowest BCUT2D eigenvalue weighted by Crippen LogP contribution is -2.04. The number of aromatic nitrogens is 2. The molecule has 4 nitrogen and oxygen atoms in total. The predicted octanol–water partition coefficient (Wildman–Crippen LogP) is 1.62. The molecule has 14 heavy (non-hydrogen) atoms. The summed E-state index contributed by atoms with van der Waals surface area (Å²) < 4.78 is 0. The average Bonchev–Trinajstić information content (AvgIpc) is 2.12. The van der Waals surface area contributed by atoms with Gasteiger partial charge in [0.1, 0.15) is 5.82 Å². The second-order valence-corrected chi connectivity index (χ2v) is 3.69. The number of hydrogen-bond donors (Lipinski definition) is 2. The molecule has 0 spiro atoms. The van der Waals surface area contributed by atoms with Crippen LogP contribution in [0.3, 0.4) is 0 Å². The molecule has 0 aliphatic rings. The molecular formula is C10H18N4. The molecule has 0 fully saturated rings. The molecule has 1 aromatic rings. The predicted molar refractivity (Wildman–Crippen MR) is 58.6 cm³/mol. The number of aryl methyl sites for hydroxylation is 1. The number of nitrogen functional groups attached to an aromatic ring is 2. The molecule has 0 saturated carbocycles. The Bertz CT molecular complexity index is 278. The number of hydrogen-bond acceptors (Lipinski definition) is 4. The van der Waals surface area contributed by atoms with E-state index in [2.05, 4.69) is 23.8 Å². The van der Waals surface area contributed by atoms with Crippen LogP contribution in [-0.4, -0.2) is 9.97 Å². The molecular weight excluding hydrogens is 176 g/mol. The summed E-state index contributed by atoms with van der Waals surface area (Å²) in [5, 5.41) is 0. The van der Waals surface area contributed by atoms with E-state index in [9.17, 15) is 0 Å². The van der Waals surface area contributed by atoms with Gasteiger partial charge in [0.15, 0.2) is 0 Å². The zero-order valence-electron chi connectivity index (χ0n) is 8.83. The third-order valence-electron chi connectivity index (χ3n) is 2.41. The molecule has 1 unspecified atom stereocenters. The molecule has 4 N–H and O–H groups in total. The van der Waals surface area contributed by atoms with E-state index in [4.69, 9.17) is 11.5 Å². The SMILES string of the molecule is CCC(C)CCc1cc(N)nc(N)n1. The second kappa shape index (κ2) is 4.79. The highest BCUT2D eigenvalue weighted by Gasteiger charge is 2.03. The molecule has 78 valence electrons. The maximum Gasteiger partial charge on any atom is 0.222 e. The molecule has 0 bridgehead atoms. The maximum absolute atomic E-state index is 5.57. The molecule has 1 rings (SSSR count). The third kappa shape index (κ3) is 3.20. The summed E-state index contributed by atoms with van der Waals surface area (Å²) in [5.41, 5.74) is 12.0. The van der Waals surface area contributed by atoms with E-state index in [0.29, 0.717) is 11.7 Å². The van der Waals surface area contributed by atoms with Crippen molar-refractivity contribution in [3.8, 4) is 0 Å². The fraction of sp³-hybridized carbons (Fsp3) is 0.600. The number of nitrogens with zero attached hydrogens (tertiary/aromatic N) is 2. The van der Waals surface area contributed by atoms with Gasteiger partial charge in [-0.1, -0.05) is 20.3 Å². The van der Waals surface area contributed by atoms with Crippen LogP contribution < -0.4 is 11.5 Å². The molecule has 1 aromatic heterocycles. The first-order chi connectivity index (χ1) is 6.61. The highest BCUT2D eigenvalue weighted by atomic mass is 15.0. The van der Waals surface area contributed by atoms with E-state index >= 15 is 0 Å². The van der Waals surface area contributed by atoms with Gasteiger partial charge in [-0.15, -0.1) is 0 Å². The Kier molecular flexibility index (Phi) is 3.68. The molecule has 1 heterocycles. The lowest BCUT2D eigenvalue weighted by Gasteiger charge is -2.07. The van der Waals surface area contributed by atoms with E-state index in [1.165, 1.54) is 6.42 Å². The van der Waals surface area contributed by atoms with E-state index < -0.39 is 0 Å². The molecule has 0 aliphatic heterocycles. The van der Waals surface area contributed by atoms with Gasteiger partial charge in [0.25, 0.3) is 0 Å². The standard InChI is InChI=1S/C10H18N4/c1-3-7(2)4-5-8-6-9(11)14-10(12)13-8/h6-7H,3-5H2,1-2H3,(H4,11,12,13,14). The van der Waals surface area contributed by atoms with Crippen molar-refractivity contribution in [1.82, 2.24) is 9.97 Å². The summed E-state index contributed by atoms with van der Waals surface area (Å²) in [4.78, 5) is 7.95. The lowest BCUT2D eigenvalue weighted by atomic mass is 10.0. The highest BCUT2D eigenvalue weighted by Crippen LogP contribution is 2.12. The molecule has 4 heteroatoms. The maximum atomic E-state index is 5.57. The van der Waals surface area contributed by atoms with Gasteiger partial charge in [-0.3, -0.25) is 0 Å². The van der Waals surface area contributed by atoms with Gasteiger partial charge >= 0.3 is 0 Å². The minimum atomic E-state index is 0.268. The Morgan fingerprint density at radius 1 is 1.36 bits per heavy atom. The van der Waals surface area contributed by atoms with Crippen molar-refractivity contribution in [3.05, 3.63) is 11.8 Å². The smallest absolute Gasteiger partial charge is 0.222 e. The summed E-state index contributed by atoms with van der Waals surface area (Å²) in [7, 11) is 0. The Balaban J connectivity index is 2.58. The van der Waals surface area contributed by atoms with Gasteiger partial charge in [-0.25, -0.2) is 4.98 Å². The minimum absolute atomic E-state index is 0.268. The lowest BCUT2D eigenvalue weighted by molar-refractivity contribution is 0.513. The summed E-state index contributed by atoms with van der Waals surface area (Å²) >= 11 is 0. The monoisotopic (exact) mass is 194 g/mol. The number of rotatable bonds is 4. The van der Waals surface area contributed by atoms with Crippen LogP contribution in [0.2, 0.25) is 0 Å². The van der Waals surface area contributed by atoms with Crippen molar-refractivity contribution in [2.45, 2.75) is 33.1 Å². The van der Waals surface area contributed by atoms with Crippen molar-refractivity contribution in [2.75, 3.05) is 11.5 Å². The second-order valence-electron chi connectivity index (χ2n) is 3.69. The minimum Gasteiger partial charge on any atom is -0.384 e. The van der Waals surface area contributed by atoms with Crippen LogP contribution in [0.1, 0.15) is 32.4 Å². The van der Waals surface area contributed by atoms with Crippen molar-refractivity contribution in [3.63, 3.8) is 0 Å². The zero-order chi connectivity index (χ0) is 10.6. The van der Waals surface area contributed by atoms with Gasteiger partial charge in [-0.2, -0.15) is 4.98 Å². The normalized spacial score (nSPS) is 12.7. The molecule has 0 aromatic carbocycles. The Hall–Kier alpha value is -1.32. The molecule has 1 atom stereocenters. The highest BCUT2D eigenvalue weighted by molar-refractivity contribution is 5.35. The third-order valence-corrected chi connectivity index (χ3v) is 2.41. The average molecular weight is 194 g/mol. The summed E-state index contributed by atoms with van der Waals surface area (Å²) in [6, 6.07) is 1.79.